The Morgan fingerprint density at radius 2 is 1.85 bits per heavy atom. The van der Waals surface area contributed by atoms with Crippen molar-refractivity contribution in [2.75, 3.05) is 13.1 Å². The number of hydrogen-bond acceptors (Lipinski definition) is 3. The van der Waals surface area contributed by atoms with Gasteiger partial charge in [-0.05, 0) is 47.2 Å². The molecule has 1 amide bonds. The minimum absolute atomic E-state index is 0.0707. The maximum atomic E-state index is 11.0. The Kier molecular flexibility index (Phi) is 4.67. The number of hydrogen-bond donors (Lipinski definition) is 1. The van der Waals surface area contributed by atoms with Gasteiger partial charge in [0.05, 0.1) is 0 Å². The fraction of sp³-hybridized carbons (Fsp3) is 0.273. The average Bonchev–Trinajstić information content (AvgIpc) is 2.70. The Morgan fingerprint density at radius 3 is 2.56 bits per heavy atom. The lowest BCUT2D eigenvalue weighted by Crippen LogP contribution is -2.41. The smallest absolute Gasteiger partial charge is 0.407 e. The summed E-state index contributed by atoms with van der Waals surface area (Å²) in [6.07, 6.45) is 4.39. The highest BCUT2D eigenvalue weighted by Gasteiger charge is 2.23. The number of fused-ring (bicyclic) bond motifs is 1. The lowest BCUT2D eigenvalue weighted by molar-refractivity contribution is 0.0895. The number of pyridine rings is 1. The second-order valence-corrected chi connectivity index (χ2v) is 6.95. The minimum Gasteiger partial charge on any atom is -0.490 e. The normalized spacial score (nSPS) is 15.1. The molecule has 27 heavy (non-hydrogen) atoms. The van der Waals surface area contributed by atoms with Gasteiger partial charge in [-0.15, -0.1) is 0 Å². The number of carbonyl (C=O) groups is 1. The summed E-state index contributed by atoms with van der Waals surface area (Å²) >= 11 is 0. The summed E-state index contributed by atoms with van der Waals surface area (Å²) in [5.41, 5.74) is 3.60. The summed E-state index contributed by atoms with van der Waals surface area (Å²) in [5, 5.41) is 11.4. The molecule has 1 aliphatic heterocycles. The van der Waals surface area contributed by atoms with Crippen molar-refractivity contribution in [2.45, 2.75) is 25.9 Å². The van der Waals surface area contributed by atoms with Crippen LogP contribution in [0, 0.1) is 6.92 Å². The van der Waals surface area contributed by atoms with Crippen LogP contribution in [0.4, 0.5) is 4.79 Å². The number of piperidine rings is 1. The van der Waals surface area contributed by atoms with Crippen LogP contribution in [0.3, 0.4) is 0 Å². The molecule has 4 rings (SSSR count). The van der Waals surface area contributed by atoms with E-state index in [1.807, 2.05) is 24.5 Å². The van der Waals surface area contributed by atoms with Gasteiger partial charge in [-0.25, -0.2) is 4.79 Å². The van der Waals surface area contributed by atoms with Crippen LogP contribution in [0.5, 0.6) is 5.75 Å². The highest BCUT2D eigenvalue weighted by atomic mass is 16.5. The maximum Gasteiger partial charge on any atom is 0.407 e. The molecule has 2 heterocycles. The maximum absolute atomic E-state index is 11.0. The summed E-state index contributed by atoms with van der Waals surface area (Å²) in [7, 11) is 0. The topological polar surface area (TPSA) is 62.7 Å². The summed E-state index contributed by atoms with van der Waals surface area (Å²) in [6.45, 7) is 3.20. The first-order valence-electron chi connectivity index (χ1n) is 9.20. The fourth-order valence-electron chi connectivity index (χ4n) is 3.71. The lowest BCUT2D eigenvalue weighted by atomic mass is 9.96. The van der Waals surface area contributed by atoms with E-state index in [0.717, 1.165) is 29.5 Å². The standard InChI is InChI=1S/C22H22N2O3/c1-15-20(7-4-17-14-23-11-8-21(15)17)16-2-5-18(6-3-16)27-19-9-12-24(13-10-19)22(25)26/h2-8,11,14,19H,9-10,12-13H2,1H3,(H,25,26). The van der Waals surface area contributed by atoms with Crippen LogP contribution in [0.25, 0.3) is 21.9 Å². The Balaban J connectivity index is 1.48. The molecule has 0 unspecified atom stereocenters. The van der Waals surface area contributed by atoms with E-state index in [9.17, 15) is 4.79 Å². The molecule has 0 bridgehead atoms. The number of amides is 1. The minimum atomic E-state index is -0.848. The van der Waals surface area contributed by atoms with Crippen molar-refractivity contribution >= 4 is 16.9 Å². The molecule has 0 radical (unpaired) electrons. The van der Waals surface area contributed by atoms with Crippen molar-refractivity contribution in [3.8, 4) is 16.9 Å². The van der Waals surface area contributed by atoms with Crippen LogP contribution >= 0.6 is 0 Å². The van der Waals surface area contributed by atoms with Crippen molar-refractivity contribution < 1.29 is 14.6 Å². The molecule has 5 nitrogen and oxygen atoms in total. The quantitative estimate of drug-likeness (QED) is 0.731. The van der Waals surface area contributed by atoms with E-state index >= 15 is 0 Å². The van der Waals surface area contributed by atoms with Crippen molar-refractivity contribution in [2.24, 2.45) is 0 Å². The molecule has 1 saturated heterocycles. The number of aryl methyl sites for hydroxylation is 1. The van der Waals surface area contributed by atoms with Gasteiger partial charge in [-0.1, -0.05) is 24.3 Å². The summed E-state index contributed by atoms with van der Waals surface area (Å²) in [6, 6.07) is 14.4. The predicted molar refractivity (Wildman–Crippen MR) is 105 cm³/mol. The van der Waals surface area contributed by atoms with Gasteiger partial charge >= 0.3 is 6.09 Å². The largest absolute Gasteiger partial charge is 0.490 e. The van der Waals surface area contributed by atoms with Gasteiger partial charge in [0.2, 0.25) is 0 Å². The highest BCUT2D eigenvalue weighted by Crippen LogP contribution is 2.31. The van der Waals surface area contributed by atoms with Crippen LogP contribution in [0.15, 0.2) is 54.9 Å². The molecule has 0 spiro atoms. The van der Waals surface area contributed by atoms with Gasteiger partial charge in [-0.3, -0.25) is 4.98 Å². The molecule has 0 atom stereocenters. The van der Waals surface area contributed by atoms with E-state index in [0.29, 0.717) is 13.1 Å². The average molecular weight is 362 g/mol. The van der Waals surface area contributed by atoms with E-state index in [-0.39, 0.29) is 6.10 Å². The summed E-state index contributed by atoms with van der Waals surface area (Å²) < 4.78 is 6.05. The number of benzene rings is 2. The van der Waals surface area contributed by atoms with Gasteiger partial charge < -0.3 is 14.7 Å². The Bertz CT molecular complexity index is 961. The van der Waals surface area contributed by atoms with Crippen LogP contribution in [-0.4, -0.2) is 40.3 Å². The predicted octanol–water partition coefficient (Wildman–Crippen LogP) is 4.73. The molecule has 138 valence electrons. The van der Waals surface area contributed by atoms with E-state index < -0.39 is 6.09 Å². The Morgan fingerprint density at radius 1 is 1.11 bits per heavy atom. The third kappa shape index (κ3) is 3.58. The van der Waals surface area contributed by atoms with Gasteiger partial charge in [0, 0.05) is 43.7 Å². The number of rotatable bonds is 3. The monoisotopic (exact) mass is 362 g/mol. The first-order valence-corrected chi connectivity index (χ1v) is 9.20. The highest BCUT2D eigenvalue weighted by molar-refractivity contribution is 5.90. The zero-order chi connectivity index (χ0) is 18.8. The second kappa shape index (κ2) is 7.27. The SMILES string of the molecule is Cc1c(-c2ccc(OC3CCN(C(=O)O)CC3)cc2)ccc2cnccc12. The molecular formula is C22H22N2O3. The summed E-state index contributed by atoms with van der Waals surface area (Å²) in [5.74, 6) is 0.829. The van der Waals surface area contributed by atoms with Crippen molar-refractivity contribution in [3.05, 3.63) is 60.4 Å². The molecule has 5 heteroatoms. The number of carboxylic acid groups (broad SMARTS) is 1. The third-order valence-electron chi connectivity index (χ3n) is 5.27. The second-order valence-electron chi connectivity index (χ2n) is 6.95. The lowest BCUT2D eigenvalue weighted by Gasteiger charge is -2.30. The molecule has 3 aromatic rings. The first-order chi connectivity index (χ1) is 13.1. The van der Waals surface area contributed by atoms with E-state index in [2.05, 4.69) is 42.2 Å². The molecule has 1 aromatic heterocycles. The van der Waals surface area contributed by atoms with E-state index in [1.54, 1.807) is 0 Å². The number of aromatic nitrogens is 1. The number of nitrogens with zero attached hydrogens (tertiary/aromatic N) is 2. The van der Waals surface area contributed by atoms with Crippen LogP contribution in [-0.2, 0) is 0 Å². The van der Waals surface area contributed by atoms with Crippen molar-refractivity contribution in [1.82, 2.24) is 9.88 Å². The van der Waals surface area contributed by atoms with Gasteiger partial charge in [0.15, 0.2) is 0 Å². The van der Waals surface area contributed by atoms with E-state index in [1.165, 1.54) is 21.4 Å². The van der Waals surface area contributed by atoms with Gasteiger partial charge in [0.1, 0.15) is 11.9 Å². The van der Waals surface area contributed by atoms with Crippen LogP contribution < -0.4 is 4.74 Å². The molecule has 1 N–H and O–H groups in total. The molecular weight excluding hydrogens is 340 g/mol. The molecule has 1 fully saturated rings. The molecule has 2 aromatic carbocycles. The molecule has 0 saturated carbocycles. The fourth-order valence-corrected chi connectivity index (χ4v) is 3.71. The third-order valence-corrected chi connectivity index (χ3v) is 5.27. The number of ether oxygens (including phenoxy) is 1. The summed E-state index contributed by atoms with van der Waals surface area (Å²) in [4.78, 5) is 16.6. The first kappa shape index (κ1) is 17.3. The van der Waals surface area contributed by atoms with Crippen LogP contribution in [0.2, 0.25) is 0 Å². The van der Waals surface area contributed by atoms with Crippen LogP contribution in [0.1, 0.15) is 18.4 Å². The Hall–Kier alpha value is -3.08. The molecule has 1 aliphatic rings. The van der Waals surface area contributed by atoms with Crippen molar-refractivity contribution in [3.63, 3.8) is 0 Å². The zero-order valence-electron chi connectivity index (χ0n) is 15.3. The van der Waals surface area contributed by atoms with Gasteiger partial charge in [-0.2, -0.15) is 0 Å². The van der Waals surface area contributed by atoms with E-state index in [4.69, 9.17) is 9.84 Å². The Labute approximate surface area is 158 Å². The van der Waals surface area contributed by atoms with Gasteiger partial charge in [0.25, 0.3) is 0 Å². The van der Waals surface area contributed by atoms with Crippen molar-refractivity contribution in [1.29, 1.82) is 0 Å². The molecule has 0 aliphatic carbocycles. The number of likely N-dealkylation sites (tertiary alicyclic amines) is 1. The zero-order valence-corrected chi connectivity index (χ0v) is 15.3.